The quantitative estimate of drug-likeness (QED) is 0.885. The average Bonchev–Trinajstić information content (AvgIpc) is 3.05. The summed E-state index contributed by atoms with van der Waals surface area (Å²) < 4.78 is 1.86. The van der Waals surface area contributed by atoms with Crippen molar-refractivity contribution in [1.82, 2.24) is 14.8 Å². The van der Waals surface area contributed by atoms with Crippen LogP contribution < -0.4 is 5.32 Å². The highest BCUT2D eigenvalue weighted by Gasteiger charge is 2.32. The van der Waals surface area contributed by atoms with Gasteiger partial charge in [0.05, 0.1) is 34.4 Å². The van der Waals surface area contributed by atoms with Crippen LogP contribution in [0.2, 0.25) is 0 Å². The SMILES string of the molecule is Cn1nc2c(c1C1Cc3nccc(C(=O)O)c3N1)CCC(Cl)=C2. The number of anilines is 1. The fraction of sp³-hybridized carbons (Fsp3) is 0.312. The van der Waals surface area contributed by atoms with Crippen molar-refractivity contribution < 1.29 is 9.90 Å². The molecular formula is C16H15ClN4O2. The number of carbonyl (C=O) groups is 1. The predicted octanol–water partition coefficient (Wildman–Crippen LogP) is 2.75. The maximum absolute atomic E-state index is 11.4. The van der Waals surface area contributed by atoms with Crippen molar-refractivity contribution in [3.8, 4) is 0 Å². The normalized spacial score (nSPS) is 18.9. The number of allylic oxidation sites excluding steroid dienone is 1. The largest absolute Gasteiger partial charge is 0.478 e. The first-order chi connectivity index (χ1) is 11.0. The zero-order chi connectivity index (χ0) is 16.1. The Morgan fingerprint density at radius 1 is 1.48 bits per heavy atom. The molecule has 3 heterocycles. The summed E-state index contributed by atoms with van der Waals surface area (Å²) in [7, 11) is 1.91. The van der Waals surface area contributed by atoms with Crippen LogP contribution in [0.1, 0.15) is 45.5 Å². The molecule has 0 spiro atoms. The van der Waals surface area contributed by atoms with Crippen LogP contribution in [0.4, 0.5) is 5.69 Å². The second-order valence-corrected chi connectivity index (χ2v) is 6.34. The summed E-state index contributed by atoms with van der Waals surface area (Å²) in [5, 5.41) is 18.0. The Labute approximate surface area is 137 Å². The molecule has 0 fully saturated rings. The molecule has 1 aliphatic heterocycles. The van der Waals surface area contributed by atoms with Crippen LogP contribution in [-0.4, -0.2) is 25.8 Å². The van der Waals surface area contributed by atoms with E-state index in [2.05, 4.69) is 15.4 Å². The average molecular weight is 331 g/mol. The molecule has 0 radical (unpaired) electrons. The monoisotopic (exact) mass is 330 g/mol. The predicted molar refractivity (Wildman–Crippen MR) is 86.6 cm³/mol. The van der Waals surface area contributed by atoms with Gasteiger partial charge in [0, 0.05) is 30.3 Å². The lowest BCUT2D eigenvalue weighted by Crippen LogP contribution is -2.14. The van der Waals surface area contributed by atoms with Gasteiger partial charge in [0.2, 0.25) is 0 Å². The van der Waals surface area contributed by atoms with E-state index in [0.29, 0.717) is 12.1 Å². The number of pyridine rings is 1. The summed E-state index contributed by atoms with van der Waals surface area (Å²) in [6.45, 7) is 0. The minimum absolute atomic E-state index is 0.0236. The molecule has 0 bridgehead atoms. The molecule has 0 aromatic carbocycles. The Bertz CT molecular complexity index is 856. The summed E-state index contributed by atoms with van der Waals surface area (Å²) in [4.78, 5) is 15.7. The minimum Gasteiger partial charge on any atom is -0.478 e. The minimum atomic E-state index is -0.946. The highest BCUT2D eigenvalue weighted by atomic mass is 35.5. The Morgan fingerprint density at radius 3 is 3.09 bits per heavy atom. The molecule has 1 unspecified atom stereocenters. The summed E-state index contributed by atoms with van der Waals surface area (Å²) in [6.07, 6.45) is 5.77. The molecule has 23 heavy (non-hydrogen) atoms. The van der Waals surface area contributed by atoms with E-state index in [-0.39, 0.29) is 11.6 Å². The van der Waals surface area contributed by atoms with Crippen LogP contribution in [-0.2, 0) is 19.9 Å². The van der Waals surface area contributed by atoms with E-state index in [0.717, 1.165) is 35.0 Å². The Balaban J connectivity index is 1.75. The highest BCUT2D eigenvalue weighted by molar-refractivity contribution is 6.31. The molecule has 2 N–H and O–H groups in total. The highest BCUT2D eigenvalue weighted by Crippen LogP contribution is 2.39. The van der Waals surface area contributed by atoms with Crippen molar-refractivity contribution in [3.05, 3.63) is 45.5 Å². The molecule has 2 aliphatic rings. The number of carboxylic acids is 1. The number of aryl methyl sites for hydroxylation is 1. The van der Waals surface area contributed by atoms with Gasteiger partial charge in [-0.25, -0.2) is 4.79 Å². The number of halogens is 1. The summed E-state index contributed by atoms with van der Waals surface area (Å²) in [5.41, 5.74) is 4.83. The number of hydrogen-bond donors (Lipinski definition) is 2. The third kappa shape index (κ3) is 2.21. The topological polar surface area (TPSA) is 80.0 Å². The van der Waals surface area contributed by atoms with Gasteiger partial charge in [-0.05, 0) is 25.0 Å². The molecule has 6 nitrogen and oxygen atoms in total. The smallest absolute Gasteiger partial charge is 0.337 e. The first-order valence-electron chi connectivity index (χ1n) is 7.44. The molecule has 118 valence electrons. The zero-order valence-corrected chi connectivity index (χ0v) is 13.3. The number of nitrogens with one attached hydrogen (secondary N) is 1. The van der Waals surface area contributed by atoms with Crippen LogP contribution in [0.5, 0.6) is 0 Å². The van der Waals surface area contributed by atoms with Crippen LogP contribution in [0.15, 0.2) is 17.3 Å². The lowest BCUT2D eigenvalue weighted by molar-refractivity contribution is 0.0698. The van der Waals surface area contributed by atoms with E-state index in [1.165, 1.54) is 11.6 Å². The van der Waals surface area contributed by atoms with Gasteiger partial charge in [0.1, 0.15) is 0 Å². The first-order valence-corrected chi connectivity index (χ1v) is 7.82. The molecule has 2 aromatic heterocycles. The number of fused-ring (bicyclic) bond motifs is 2. The lowest BCUT2D eigenvalue weighted by atomic mass is 9.97. The van der Waals surface area contributed by atoms with E-state index < -0.39 is 5.97 Å². The number of rotatable bonds is 2. The maximum Gasteiger partial charge on any atom is 0.337 e. The van der Waals surface area contributed by atoms with Gasteiger partial charge in [-0.1, -0.05) is 11.6 Å². The second-order valence-electron chi connectivity index (χ2n) is 5.85. The van der Waals surface area contributed by atoms with E-state index in [1.54, 1.807) is 6.20 Å². The molecule has 0 amide bonds. The second kappa shape index (κ2) is 5.09. The Morgan fingerprint density at radius 2 is 2.30 bits per heavy atom. The molecule has 0 saturated carbocycles. The van der Waals surface area contributed by atoms with Crippen LogP contribution in [0.3, 0.4) is 0 Å². The Hall–Kier alpha value is -2.34. The van der Waals surface area contributed by atoms with Gasteiger partial charge in [0.25, 0.3) is 0 Å². The molecule has 1 atom stereocenters. The molecule has 7 heteroatoms. The lowest BCUT2D eigenvalue weighted by Gasteiger charge is -2.16. The fourth-order valence-electron chi connectivity index (χ4n) is 3.46. The summed E-state index contributed by atoms with van der Waals surface area (Å²) in [5.74, 6) is -0.946. The zero-order valence-electron chi connectivity index (χ0n) is 12.5. The van der Waals surface area contributed by atoms with Gasteiger partial charge in [-0.3, -0.25) is 9.67 Å². The van der Waals surface area contributed by atoms with Gasteiger partial charge in [-0.2, -0.15) is 5.10 Å². The van der Waals surface area contributed by atoms with Crippen molar-refractivity contribution in [3.63, 3.8) is 0 Å². The molecule has 2 aromatic rings. The van der Waals surface area contributed by atoms with Gasteiger partial charge in [0.15, 0.2) is 0 Å². The van der Waals surface area contributed by atoms with Crippen LogP contribution in [0, 0.1) is 0 Å². The first kappa shape index (κ1) is 14.3. The molecule has 1 aliphatic carbocycles. The maximum atomic E-state index is 11.4. The third-order valence-corrected chi connectivity index (χ3v) is 4.74. The summed E-state index contributed by atoms with van der Waals surface area (Å²) in [6, 6.07) is 1.50. The van der Waals surface area contributed by atoms with Crippen molar-refractivity contribution in [2.75, 3.05) is 5.32 Å². The number of hydrogen-bond acceptors (Lipinski definition) is 4. The summed E-state index contributed by atoms with van der Waals surface area (Å²) >= 11 is 6.12. The number of nitrogens with zero attached hydrogens (tertiary/aromatic N) is 3. The third-order valence-electron chi connectivity index (χ3n) is 4.44. The van der Waals surface area contributed by atoms with Crippen molar-refractivity contribution in [1.29, 1.82) is 0 Å². The van der Waals surface area contributed by atoms with E-state index in [9.17, 15) is 9.90 Å². The van der Waals surface area contributed by atoms with E-state index in [1.807, 2.05) is 17.8 Å². The van der Waals surface area contributed by atoms with Gasteiger partial charge in [-0.15, -0.1) is 0 Å². The molecule has 4 rings (SSSR count). The van der Waals surface area contributed by atoms with Gasteiger partial charge >= 0.3 is 5.97 Å². The van der Waals surface area contributed by atoms with Crippen LogP contribution >= 0.6 is 11.6 Å². The van der Waals surface area contributed by atoms with E-state index in [4.69, 9.17) is 11.6 Å². The van der Waals surface area contributed by atoms with Crippen molar-refractivity contribution in [2.24, 2.45) is 7.05 Å². The number of aromatic carboxylic acids is 1. The number of carboxylic acid groups (broad SMARTS) is 1. The molecular weight excluding hydrogens is 316 g/mol. The van der Waals surface area contributed by atoms with E-state index >= 15 is 0 Å². The Kier molecular flexibility index (Phi) is 3.16. The van der Waals surface area contributed by atoms with Crippen LogP contribution in [0.25, 0.3) is 6.08 Å². The fourth-order valence-corrected chi connectivity index (χ4v) is 3.66. The number of aromatic nitrogens is 3. The standard InChI is InChI=1S/C16H15ClN4O2/c1-21-15(9-3-2-8(17)6-11(9)20-21)13-7-12-14(19-13)10(16(22)23)4-5-18-12/h4-6,13,19H,2-3,7H2,1H3,(H,22,23). The van der Waals surface area contributed by atoms with Gasteiger partial charge < -0.3 is 10.4 Å². The van der Waals surface area contributed by atoms with Crippen molar-refractivity contribution in [2.45, 2.75) is 25.3 Å². The molecule has 0 saturated heterocycles. The van der Waals surface area contributed by atoms with Crippen molar-refractivity contribution >= 4 is 29.3 Å².